The van der Waals surface area contributed by atoms with Crippen LogP contribution in [0.3, 0.4) is 0 Å². The van der Waals surface area contributed by atoms with Crippen LogP contribution in [0, 0.1) is 5.92 Å². The normalized spacial score (nSPS) is 17.8. The molecule has 3 heteroatoms. The molecule has 0 bridgehead atoms. The Kier molecular flexibility index (Phi) is 2.98. The molecule has 1 atom stereocenters. The Morgan fingerprint density at radius 3 is 2.93 bits per heavy atom. The SMILES string of the molecule is CCCc1cc(NC(C)C2CC2)n(C)n1. The summed E-state index contributed by atoms with van der Waals surface area (Å²) in [4.78, 5) is 0. The molecule has 0 radical (unpaired) electrons. The molecule has 1 aromatic heterocycles. The largest absolute Gasteiger partial charge is 0.368 e. The molecule has 0 spiro atoms. The van der Waals surface area contributed by atoms with E-state index >= 15 is 0 Å². The average molecular weight is 207 g/mol. The first kappa shape index (κ1) is 10.5. The highest BCUT2D eigenvalue weighted by atomic mass is 15.3. The topological polar surface area (TPSA) is 29.9 Å². The van der Waals surface area contributed by atoms with E-state index in [0.717, 1.165) is 24.6 Å². The van der Waals surface area contributed by atoms with E-state index in [2.05, 4.69) is 30.3 Å². The maximum Gasteiger partial charge on any atom is 0.124 e. The van der Waals surface area contributed by atoms with Gasteiger partial charge in [0.05, 0.1) is 5.69 Å². The lowest BCUT2D eigenvalue weighted by Gasteiger charge is -2.13. The van der Waals surface area contributed by atoms with E-state index in [1.165, 1.54) is 18.5 Å². The molecule has 1 unspecified atom stereocenters. The monoisotopic (exact) mass is 207 g/mol. The third-order valence-electron chi connectivity index (χ3n) is 3.14. The van der Waals surface area contributed by atoms with E-state index in [4.69, 9.17) is 0 Å². The molecule has 1 heterocycles. The minimum Gasteiger partial charge on any atom is -0.368 e. The lowest BCUT2D eigenvalue weighted by atomic mass is 10.2. The molecular formula is C12H21N3. The van der Waals surface area contributed by atoms with Gasteiger partial charge in [-0.15, -0.1) is 0 Å². The average Bonchev–Trinajstić information content (AvgIpc) is 2.95. The van der Waals surface area contributed by atoms with E-state index in [9.17, 15) is 0 Å². The second kappa shape index (κ2) is 4.25. The third-order valence-corrected chi connectivity index (χ3v) is 3.14. The van der Waals surface area contributed by atoms with Gasteiger partial charge in [-0.2, -0.15) is 5.10 Å². The number of nitrogens with zero attached hydrogens (tertiary/aromatic N) is 2. The van der Waals surface area contributed by atoms with Gasteiger partial charge in [0.25, 0.3) is 0 Å². The van der Waals surface area contributed by atoms with Crippen molar-refractivity contribution in [3.8, 4) is 0 Å². The summed E-state index contributed by atoms with van der Waals surface area (Å²) in [6, 6.07) is 2.78. The van der Waals surface area contributed by atoms with Crippen molar-refractivity contribution in [3.63, 3.8) is 0 Å². The fraction of sp³-hybridized carbons (Fsp3) is 0.750. The Bertz CT molecular complexity index is 326. The number of aromatic nitrogens is 2. The van der Waals surface area contributed by atoms with Gasteiger partial charge in [0, 0.05) is 19.2 Å². The zero-order chi connectivity index (χ0) is 10.8. The summed E-state index contributed by atoms with van der Waals surface area (Å²) in [7, 11) is 2.01. The molecule has 15 heavy (non-hydrogen) atoms. The highest BCUT2D eigenvalue weighted by molar-refractivity contribution is 5.38. The highest BCUT2D eigenvalue weighted by Crippen LogP contribution is 2.33. The summed E-state index contributed by atoms with van der Waals surface area (Å²) >= 11 is 0. The van der Waals surface area contributed by atoms with Crippen molar-refractivity contribution in [3.05, 3.63) is 11.8 Å². The van der Waals surface area contributed by atoms with E-state index in [0.29, 0.717) is 6.04 Å². The van der Waals surface area contributed by atoms with Gasteiger partial charge < -0.3 is 5.32 Å². The van der Waals surface area contributed by atoms with Crippen LogP contribution in [0.25, 0.3) is 0 Å². The molecule has 1 saturated carbocycles. The molecule has 84 valence electrons. The van der Waals surface area contributed by atoms with Gasteiger partial charge in [-0.3, -0.25) is 4.68 Å². The first-order valence-corrected chi connectivity index (χ1v) is 6.00. The van der Waals surface area contributed by atoms with Gasteiger partial charge in [-0.1, -0.05) is 13.3 Å². The molecule has 0 aliphatic heterocycles. The molecule has 3 nitrogen and oxygen atoms in total. The number of aryl methyl sites for hydroxylation is 2. The van der Waals surface area contributed by atoms with Crippen molar-refractivity contribution < 1.29 is 0 Å². The smallest absolute Gasteiger partial charge is 0.124 e. The minimum atomic E-state index is 0.592. The van der Waals surface area contributed by atoms with Crippen molar-refractivity contribution in [2.75, 3.05) is 5.32 Å². The predicted molar refractivity (Wildman–Crippen MR) is 63.0 cm³/mol. The van der Waals surface area contributed by atoms with Crippen LogP contribution in [-0.4, -0.2) is 15.8 Å². The van der Waals surface area contributed by atoms with Crippen LogP contribution in [0.1, 0.15) is 38.8 Å². The van der Waals surface area contributed by atoms with Gasteiger partial charge >= 0.3 is 0 Å². The summed E-state index contributed by atoms with van der Waals surface area (Å²) < 4.78 is 1.96. The van der Waals surface area contributed by atoms with Crippen LogP contribution < -0.4 is 5.32 Å². The summed E-state index contributed by atoms with van der Waals surface area (Å²) in [5.74, 6) is 2.05. The molecule has 1 fully saturated rings. The lowest BCUT2D eigenvalue weighted by molar-refractivity contribution is 0.668. The Hall–Kier alpha value is -0.990. The van der Waals surface area contributed by atoms with E-state index in [1.807, 2.05) is 11.7 Å². The standard InChI is InChI=1S/C12H21N3/c1-4-5-11-8-12(15(3)14-11)13-9(2)10-6-7-10/h8-10,13H,4-7H2,1-3H3. The molecule has 1 aliphatic carbocycles. The van der Waals surface area contributed by atoms with E-state index in [1.54, 1.807) is 0 Å². The number of hydrogen-bond acceptors (Lipinski definition) is 2. The fourth-order valence-electron chi connectivity index (χ4n) is 1.99. The molecule has 0 amide bonds. The second-order valence-corrected chi connectivity index (χ2v) is 4.66. The first-order chi connectivity index (χ1) is 7.20. The molecule has 1 aliphatic rings. The number of rotatable bonds is 5. The number of hydrogen-bond donors (Lipinski definition) is 1. The van der Waals surface area contributed by atoms with E-state index in [-0.39, 0.29) is 0 Å². The first-order valence-electron chi connectivity index (χ1n) is 6.00. The fourth-order valence-corrected chi connectivity index (χ4v) is 1.99. The molecule has 1 N–H and O–H groups in total. The van der Waals surface area contributed by atoms with Crippen molar-refractivity contribution in [1.29, 1.82) is 0 Å². The van der Waals surface area contributed by atoms with Crippen LogP contribution in [0.4, 0.5) is 5.82 Å². The van der Waals surface area contributed by atoms with Gasteiger partial charge in [0.1, 0.15) is 5.82 Å². The van der Waals surface area contributed by atoms with Crippen LogP contribution in [0.5, 0.6) is 0 Å². The summed E-state index contributed by atoms with van der Waals surface area (Å²) in [5, 5.41) is 8.04. The lowest BCUT2D eigenvalue weighted by Crippen LogP contribution is -2.19. The van der Waals surface area contributed by atoms with Crippen LogP contribution in [0.2, 0.25) is 0 Å². The second-order valence-electron chi connectivity index (χ2n) is 4.66. The Morgan fingerprint density at radius 1 is 1.60 bits per heavy atom. The van der Waals surface area contributed by atoms with Crippen LogP contribution in [0.15, 0.2) is 6.07 Å². The number of nitrogens with one attached hydrogen (secondary N) is 1. The molecular weight excluding hydrogens is 186 g/mol. The van der Waals surface area contributed by atoms with Crippen molar-refractivity contribution in [2.24, 2.45) is 13.0 Å². The number of anilines is 1. The highest BCUT2D eigenvalue weighted by Gasteiger charge is 2.28. The van der Waals surface area contributed by atoms with Gasteiger partial charge in [-0.05, 0) is 32.1 Å². The molecule has 2 rings (SSSR count). The minimum absolute atomic E-state index is 0.592. The Labute approximate surface area is 91.9 Å². The van der Waals surface area contributed by atoms with Crippen molar-refractivity contribution in [1.82, 2.24) is 9.78 Å². The van der Waals surface area contributed by atoms with E-state index < -0.39 is 0 Å². The molecule has 0 aromatic carbocycles. The summed E-state index contributed by atoms with van der Waals surface area (Å²) in [6.07, 6.45) is 5.00. The third kappa shape index (κ3) is 2.52. The zero-order valence-electron chi connectivity index (χ0n) is 9.95. The summed E-state index contributed by atoms with van der Waals surface area (Å²) in [6.45, 7) is 4.46. The summed E-state index contributed by atoms with van der Waals surface area (Å²) in [5.41, 5.74) is 1.20. The van der Waals surface area contributed by atoms with Gasteiger partial charge in [0.15, 0.2) is 0 Å². The zero-order valence-corrected chi connectivity index (χ0v) is 9.95. The van der Waals surface area contributed by atoms with Crippen LogP contribution >= 0.6 is 0 Å². The van der Waals surface area contributed by atoms with Crippen molar-refractivity contribution in [2.45, 2.75) is 45.6 Å². The van der Waals surface area contributed by atoms with Crippen molar-refractivity contribution >= 4 is 5.82 Å². The van der Waals surface area contributed by atoms with Gasteiger partial charge in [0.2, 0.25) is 0 Å². The van der Waals surface area contributed by atoms with Gasteiger partial charge in [-0.25, -0.2) is 0 Å². The maximum atomic E-state index is 4.49. The Morgan fingerprint density at radius 2 is 2.33 bits per heavy atom. The molecule has 0 saturated heterocycles. The maximum absolute atomic E-state index is 4.49. The quantitative estimate of drug-likeness (QED) is 0.804. The van der Waals surface area contributed by atoms with Crippen LogP contribution in [-0.2, 0) is 13.5 Å². The predicted octanol–water partition coefficient (Wildman–Crippen LogP) is 2.58. The molecule has 1 aromatic rings. The Balaban J connectivity index is 1.99.